The highest BCUT2D eigenvalue weighted by atomic mass is 16.4. The molecule has 0 aliphatic heterocycles. The van der Waals surface area contributed by atoms with Crippen LogP contribution in [-0.2, 0) is 0 Å². The minimum atomic E-state index is -1.03. The quantitative estimate of drug-likeness (QED) is 0.695. The molecule has 1 aromatic rings. The highest BCUT2D eigenvalue weighted by molar-refractivity contribution is 5.85. The third-order valence-electron chi connectivity index (χ3n) is 2.74. The number of carbonyl (C=O) groups is 1. The monoisotopic (exact) mass is 251 g/mol. The Morgan fingerprint density at radius 3 is 2.89 bits per heavy atom. The Kier molecular flexibility index (Phi) is 6.11. The lowest BCUT2D eigenvalue weighted by Crippen LogP contribution is -2.17. The molecule has 1 aromatic heterocycles. The highest BCUT2D eigenvalue weighted by Gasteiger charge is 2.08. The van der Waals surface area contributed by atoms with Gasteiger partial charge < -0.3 is 10.4 Å². The molecule has 0 aliphatic carbocycles. The van der Waals surface area contributed by atoms with Gasteiger partial charge in [-0.25, -0.2) is 14.8 Å². The second-order valence-electron chi connectivity index (χ2n) is 4.47. The summed E-state index contributed by atoms with van der Waals surface area (Å²) in [4.78, 5) is 18.7. The fourth-order valence-electron chi connectivity index (χ4n) is 1.72. The van der Waals surface area contributed by atoms with Gasteiger partial charge in [-0.05, 0) is 19.4 Å². The molecule has 100 valence electrons. The third-order valence-corrected chi connectivity index (χ3v) is 2.74. The second kappa shape index (κ2) is 7.63. The van der Waals surface area contributed by atoms with Gasteiger partial charge in [-0.3, -0.25) is 0 Å². The molecule has 18 heavy (non-hydrogen) atoms. The van der Waals surface area contributed by atoms with Gasteiger partial charge in [0.05, 0.1) is 0 Å². The van der Waals surface area contributed by atoms with Crippen molar-refractivity contribution in [2.75, 3.05) is 5.32 Å². The lowest BCUT2D eigenvalue weighted by Gasteiger charge is -2.13. The van der Waals surface area contributed by atoms with Gasteiger partial charge >= 0.3 is 5.97 Å². The van der Waals surface area contributed by atoms with E-state index in [-0.39, 0.29) is 11.7 Å². The molecule has 0 saturated heterocycles. The Balaban J connectivity index is 2.41. The summed E-state index contributed by atoms with van der Waals surface area (Å²) in [5.41, 5.74) is 0.0192. The minimum Gasteiger partial charge on any atom is -0.477 e. The molecule has 0 radical (unpaired) electrons. The zero-order chi connectivity index (χ0) is 13.4. The summed E-state index contributed by atoms with van der Waals surface area (Å²) < 4.78 is 0. The number of aromatic nitrogens is 2. The van der Waals surface area contributed by atoms with Crippen molar-refractivity contribution in [1.29, 1.82) is 0 Å². The predicted octanol–water partition coefficient (Wildman–Crippen LogP) is 2.95. The van der Waals surface area contributed by atoms with Crippen molar-refractivity contribution in [3.8, 4) is 0 Å². The third kappa shape index (κ3) is 5.12. The number of anilines is 1. The molecular formula is C13H21N3O2. The van der Waals surface area contributed by atoms with Gasteiger partial charge in [-0.15, -0.1) is 0 Å². The zero-order valence-electron chi connectivity index (χ0n) is 11.0. The maximum Gasteiger partial charge on any atom is 0.354 e. The van der Waals surface area contributed by atoms with E-state index in [4.69, 9.17) is 5.11 Å². The van der Waals surface area contributed by atoms with Gasteiger partial charge in [0, 0.05) is 12.2 Å². The number of rotatable bonds is 8. The standard InChI is InChI=1S/C13H21N3O2/c1-3-4-5-6-7-10(2)15-13-14-9-8-11(16-13)12(17)18/h8-10H,3-7H2,1-2H3,(H,17,18)(H,14,15,16). The molecule has 0 bridgehead atoms. The molecule has 1 unspecified atom stereocenters. The SMILES string of the molecule is CCCCCCC(C)Nc1nccc(C(=O)O)n1. The maximum absolute atomic E-state index is 10.8. The molecule has 0 saturated carbocycles. The second-order valence-corrected chi connectivity index (χ2v) is 4.47. The Morgan fingerprint density at radius 2 is 2.22 bits per heavy atom. The first-order valence-corrected chi connectivity index (χ1v) is 6.46. The molecule has 0 aliphatic rings. The van der Waals surface area contributed by atoms with Crippen molar-refractivity contribution in [3.63, 3.8) is 0 Å². The van der Waals surface area contributed by atoms with Crippen molar-refractivity contribution in [2.24, 2.45) is 0 Å². The van der Waals surface area contributed by atoms with Crippen LogP contribution < -0.4 is 5.32 Å². The summed E-state index contributed by atoms with van der Waals surface area (Å²) in [5.74, 6) is -0.644. The Labute approximate surface area is 108 Å². The van der Waals surface area contributed by atoms with Gasteiger partial charge in [0.15, 0.2) is 5.69 Å². The van der Waals surface area contributed by atoms with Crippen LogP contribution in [0.4, 0.5) is 5.95 Å². The summed E-state index contributed by atoms with van der Waals surface area (Å²) in [6, 6.07) is 1.64. The van der Waals surface area contributed by atoms with E-state index >= 15 is 0 Å². The lowest BCUT2D eigenvalue weighted by atomic mass is 10.1. The Morgan fingerprint density at radius 1 is 1.44 bits per heavy atom. The number of nitrogens with one attached hydrogen (secondary N) is 1. The summed E-state index contributed by atoms with van der Waals surface area (Å²) >= 11 is 0. The van der Waals surface area contributed by atoms with Gasteiger partial charge in [-0.2, -0.15) is 0 Å². The van der Waals surface area contributed by atoms with Crippen LogP contribution in [0.2, 0.25) is 0 Å². The number of unbranched alkanes of at least 4 members (excludes halogenated alkanes) is 3. The molecule has 0 spiro atoms. The smallest absolute Gasteiger partial charge is 0.354 e. The van der Waals surface area contributed by atoms with Gasteiger partial charge in [0.2, 0.25) is 5.95 Å². The molecule has 1 rings (SSSR count). The molecule has 1 atom stereocenters. The predicted molar refractivity (Wildman–Crippen MR) is 70.8 cm³/mol. The fraction of sp³-hybridized carbons (Fsp3) is 0.615. The van der Waals surface area contributed by atoms with Crippen LogP contribution in [0.25, 0.3) is 0 Å². The number of carboxylic acid groups (broad SMARTS) is 1. The van der Waals surface area contributed by atoms with Crippen molar-refractivity contribution in [1.82, 2.24) is 9.97 Å². The molecule has 0 fully saturated rings. The first-order chi connectivity index (χ1) is 8.63. The summed E-state index contributed by atoms with van der Waals surface area (Å²) in [7, 11) is 0. The molecule has 2 N–H and O–H groups in total. The van der Waals surface area contributed by atoms with E-state index in [0.717, 1.165) is 6.42 Å². The highest BCUT2D eigenvalue weighted by Crippen LogP contribution is 2.09. The van der Waals surface area contributed by atoms with Crippen LogP contribution in [0.3, 0.4) is 0 Å². The Bertz CT molecular complexity index is 382. The van der Waals surface area contributed by atoms with E-state index in [0.29, 0.717) is 5.95 Å². The topological polar surface area (TPSA) is 75.1 Å². The largest absolute Gasteiger partial charge is 0.477 e. The van der Waals surface area contributed by atoms with E-state index < -0.39 is 5.97 Å². The van der Waals surface area contributed by atoms with Gasteiger partial charge in [0.25, 0.3) is 0 Å². The number of nitrogens with zero attached hydrogens (tertiary/aromatic N) is 2. The lowest BCUT2D eigenvalue weighted by molar-refractivity contribution is 0.0690. The van der Waals surface area contributed by atoms with Crippen molar-refractivity contribution in [3.05, 3.63) is 18.0 Å². The normalized spacial score (nSPS) is 12.1. The maximum atomic E-state index is 10.8. The first kappa shape index (κ1) is 14.4. The van der Waals surface area contributed by atoms with Crippen LogP contribution in [0, 0.1) is 0 Å². The first-order valence-electron chi connectivity index (χ1n) is 6.46. The molecule has 0 aromatic carbocycles. The molecule has 5 nitrogen and oxygen atoms in total. The van der Waals surface area contributed by atoms with Crippen molar-refractivity contribution in [2.45, 2.75) is 52.0 Å². The number of aromatic carboxylic acids is 1. The van der Waals surface area contributed by atoms with Crippen LogP contribution >= 0.6 is 0 Å². The van der Waals surface area contributed by atoms with E-state index in [1.807, 2.05) is 0 Å². The van der Waals surface area contributed by atoms with Crippen LogP contribution in [0.1, 0.15) is 56.4 Å². The molecule has 0 amide bonds. The van der Waals surface area contributed by atoms with E-state index in [2.05, 4.69) is 29.1 Å². The molecule has 5 heteroatoms. The van der Waals surface area contributed by atoms with Crippen LogP contribution in [0.15, 0.2) is 12.3 Å². The number of carboxylic acids is 1. The van der Waals surface area contributed by atoms with Crippen LogP contribution in [-0.4, -0.2) is 27.1 Å². The molecule has 1 heterocycles. The summed E-state index contributed by atoms with van der Waals surface area (Å²) in [6.45, 7) is 4.25. The van der Waals surface area contributed by atoms with Crippen molar-refractivity contribution < 1.29 is 9.90 Å². The molecular weight excluding hydrogens is 230 g/mol. The van der Waals surface area contributed by atoms with E-state index in [1.54, 1.807) is 0 Å². The van der Waals surface area contributed by atoms with Crippen molar-refractivity contribution >= 4 is 11.9 Å². The average Bonchev–Trinajstić information content (AvgIpc) is 2.35. The average molecular weight is 251 g/mol. The zero-order valence-corrected chi connectivity index (χ0v) is 11.0. The van der Waals surface area contributed by atoms with E-state index in [9.17, 15) is 4.79 Å². The number of hydrogen-bond acceptors (Lipinski definition) is 4. The summed E-state index contributed by atoms with van der Waals surface area (Å²) in [6.07, 6.45) is 7.39. The van der Waals surface area contributed by atoms with Crippen LogP contribution in [0.5, 0.6) is 0 Å². The van der Waals surface area contributed by atoms with Gasteiger partial charge in [0.1, 0.15) is 0 Å². The van der Waals surface area contributed by atoms with E-state index in [1.165, 1.54) is 37.9 Å². The number of hydrogen-bond donors (Lipinski definition) is 2. The van der Waals surface area contributed by atoms with Gasteiger partial charge in [-0.1, -0.05) is 32.6 Å². The fourth-order valence-corrected chi connectivity index (χ4v) is 1.72. The minimum absolute atomic E-state index is 0.0192. The summed E-state index contributed by atoms with van der Waals surface area (Å²) in [5, 5.41) is 12.0. The Hall–Kier alpha value is -1.65.